The third kappa shape index (κ3) is 4.81. The minimum Gasteiger partial charge on any atom is -0.455 e. The first-order valence-corrected chi connectivity index (χ1v) is 9.56. The van der Waals surface area contributed by atoms with E-state index in [1.54, 1.807) is 30.5 Å². The van der Waals surface area contributed by atoms with E-state index in [4.69, 9.17) is 9.15 Å². The summed E-state index contributed by atoms with van der Waals surface area (Å²) in [5, 5.41) is 13.9. The van der Waals surface area contributed by atoms with Crippen molar-refractivity contribution in [2.75, 3.05) is 18.4 Å². The van der Waals surface area contributed by atoms with E-state index in [1.807, 2.05) is 0 Å². The van der Waals surface area contributed by atoms with Crippen LogP contribution in [0.1, 0.15) is 29.2 Å². The topological polar surface area (TPSA) is 111 Å². The predicted molar refractivity (Wildman–Crippen MR) is 109 cm³/mol. The standard InChI is InChI=1S/C21H20N4O5/c26-21(20-6-5-18(30-20)14-24-8-1-2-9-24)23-15-10-16(25(27)28)12-19(11-15)29-17-4-3-7-22-13-17/h3-7,10-13H,1-2,8-9,14H2,(H,23,26). The van der Waals surface area contributed by atoms with Gasteiger partial charge in [-0.1, -0.05) is 0 Å². The van der Waals surface area contributed by atoms with E-state index in [0.717, 1.165) is 13.1 Å². The van der Waals surface area contributed by atoms with Gasteiger partial charge in [0.25, 0.3) is 11.6 Å². The van der Waals surface area contributed by atoms with Crippen molar-refractivity contribution in [1.82, 2.24) is 9.88 Å². The number of nitro benzene ring substituents is 1. The zero-order chi connectivity index (χ0) is 20.9. The highest BCUT2D eigenvalue weighted by Gasteiger charge is 2.18. The lowest BCUT2D eigenvalue weighted by Gasteiger charge is -2.11. The van der Waals surface area contributed by atoms with Crippen LogP contribution in [0.4, 0.5) is 11.4 Å². The molecule has 0 atom stereocenters. The second-order valence-corrected chi connectivity index (χ2v) is 6.97. The number of hydrogen-bond donors (Lipinski definition) is 1. The van der Waals surface area contributed by atoms with Crippen molar-refractivity contribution < 1.29 is 18.9 Å². The number of aromatic nitrogens is 1. The molecule has 1 saturated heterocycles. The third-order valence-electron chi connectivity index (χ3n) is 4.69. The van der Waals surface area contributed by atoms with Crippen LogP contribution < -0.4 is 10.1 Å². The summed E-state index contributed by atoms with van der Waals surface area (Å²) < 4.78 is 11.3. The number of carbonyl (C=O) groups is 1. The molecule has 9 nitrogen and oxygen atoms in total. The maximum atomic E-state index is 12.6. The molecule has 3 aromatic rings. The van der Waals surface area contributed by atoms with Crippen molar-refractivity contribution in [3.05, 3.63) is 76.5 Å². The maximum absolute atomic E-state index is 12.6. The molecule has 0 unspecified atom stereocenters. The zero-order valence-electron chi connectivity index (χ0n) is 16.1. The zero-order valence-corrected chi connectivity index (χ0v) is 16.1. The monoisotopic (exact) mass is 408 g/mol. The van der Waals surface area contributed by atoms with Crippen molar-refractivity contribution in [2.24, 2.45) is 0 Å². The number of furan rings is 1. The first-order chi connectivity index (χ1) is 14.6. The van der Waals surface area contributed by atoms with Crippen LogP contribution in [-0.2, 0) is 6.54 Å². The smallest absolute Gasteiger partial charge is 0.291 e. The number of benzene rings is 1. The summed E-state index contributed by atoms with van der Waals surface area (Å²) in [5.74, 6) is 0.997. The molecule has 1 N–H and O–H groups in total. The van der Waals surface area contributed by atoms with Crippen LogP contribution >= 0.6 is 0 Å². The van der Waals surface area contributed by atoms with Crippen LogP contribution in [0.15, 0.2) is 59.3 Å². The van der Waals surface area contributed by atoms with E-state index in [1.165, 1.54) is 37.2 Å². The van der Waals surface area contributed by atoms with Gasteiger partial charge in [-0.3, -0.25) is 24.8 Å². The number of non-ortho nitro benzene ring substituents is 1. The number of carbonyl (C=O) groups excluding carboxylic acids is 1. The summed E-state index contributed by atoms with van der Waals surface area (Å²) >= 11 is 0. The first kappa shape index (κ1) is 19.6. The second-order valence-electron chi connectivity index (χ2n) is 6.97. The summed E-state index contributed by atoms with van der Waals surface area (Å²) in [6.45, 7) is 2.71. The normalized spacial score (nSPS) is 13.9. The molecule has 0 saturated carbocycles. The fourth-order valence-electron chi connectivity index (χ4n) is 3.30. The van der Waals surface area contributed by atoms with Gasteiger partial charge in [0.15, 0.2) is 5.76 Å². The summed E-state index contributed by atoms with van der Waals surface area (Å²) in [7, 11) is 0. The lowest BCUT2D eigenvalue weighted by atomic mass is 10.2. The number of anilines is 1. The second kappa shape index (κ2) is 8.75. The van der Waals surface area contributed by atoms with Crippen LogP contribution in [0, 0.1) is 10.1 Å². The fraction of sp³-hybridized carbons (Fsp3) is 0.238. The Morgan fingerprint density at radius 2 is 2.03 bits per heavy atom. The van der Waals surface area contributed by atoms with Gasteiger partial charge in [-0.05, 0) is 50.2 Å². The molecular formula is C21H20N4O5. The summed E-state index contributed by atoms with van der Waals surface area (Å²) in [6.07, 6.45) is 5.42. The average molecular weight is 408 g/mol. The van der Waals surface area contributed by atoms with Gasteiger partial charge in [0.1, 0.15) is 17.3 Å². The molecule has 30 heavy (non-hydrogen) atoms. The van der Waals surface area contributed by atoms with E-state index in [-0.39, 0.29) is 22.9 Å². The number of pyridine rings is 1. The molecule has 1 fully saturated rings. The highest BCUT2D eigenvalue weighted by molar-refractivity contribution is 6.02. The Balaban J connectivity index is 1.49. The van der Waals surface area contributed by atoms with Crippen molar-refractivity contribution in [3.63, 3.8) is 0 Å². The Bertz CT molecular complexity index is 1040. The van der Waals surface area contributed by atoms with E-state index < -0.39 is 10.8 Å². The minimum absolute atomic E-state index is 0.144. The number of nitrogens with one attached hydrogen (secondary N) is 1. The van der Waals surface area contributed by atoms with Gasteiger partial charge in [0, 0.05) is 18.3 Å². The molecule has 9 heteroatoms. The van der Waals surface area contributed by atoms with Crippen LogP contribution in [0.2, 0.25) is 0 Å². The number of amides is 1. The molecule has 3 heterocycles. The van der Waals surface area contributed by atoms with Crippen LogP contribution in [0.5, 0.6) is 11.5 Å². The Morgan fingerprint density at radius 1 is 1.20 bits per heavy atom. The number of likely N-dealkylation sites (tertiary alicyclic amines) is 1. The number of ether oxygens (including phenoxy) is 1. The van der Waals surface area contributed by atoms with Gasteiger partial charge in [-0.25, -0.2) is 0 Å². The summed E-state index contributed by atoms with van der Waals surface area (Å²) in [6, 6.07) is 10.8. The van der Waals surface area contributed by atoms with Crippen molar-refractivity contribution in [2.45, 2.75) is 19.4 Å². The van der Waals surface area contributed by atoms with E-state index in [0.29, 0.717) is 18.1 Å². The van der Waals surface area contributed by atoms with Crippen molar-refractivity contribution in [3.8, 4) is 11.5 Å². The Hall–Kier alpha value is -3.72. The molecule has 0 spiro atoms. The Kier molecular flexibility index (Phi) is 5.71. The molecule has 1 amide bonds. The third-order valence-corrected chi connectivity index (χ3v) is 4.69. The molecule has 2 aromatic heterocycles. The summed E-state index contributed by atoms with van der Waals surface area (Å²) in [4.78, 5) is 29.5. The Morgan fingerprint density at radius 3 is 2.77 bits per heavy atom. The molecular weight excluding hydrogens is 388 g/mol. The van der Waals surface area contributed by atoms with E-state index in [9.17, 15) is 14.9 Å². The maximum Gasteiger partial charge on any atom is 0.291 e. The number of hydrogen-bond acceptors (Lipinski definition) is 7. The summed E-state index contributed by atoms with van der Waals surface area (Å²) in [5.41, 5.74) is 0.0199. The van der Waals surface area contributed by atoms with Gasteiger partial charge in [-0.2, -0.15) is 0 Å². The van der Waals surface area contributed by atoms with Gasteiger partial charge >= 0.3 is 0 Å². The molecule has 1 aliphatic heterocycles. The molecule has 1 aliphatic rings. The number of rotatable bonds is 7. The number of nitrogens with zero attached hydrogens (tertiary/aromatic N) is 3. The van der Waals surface area contributed by atoms with E-state index in [2.05, 4.69) is 15.2 Å². The molecule has 1 aromatic carbocycles. The number of nitro groups is 1. The average Bonchev–Trinajstić information content (AvgIpc) is 3.41. The molecule has 4 rings (SSSR count). The fourth-order valence-corrected chi connectivity index (χ4v) is 3.30. The van der Waals surface area contributed by atoms with E-state index >= 15 is 0 Å². The SMILES string of the molecule is O=C(Nc1cc(Oc2cccnc2)cc([N+](=O)[O-])c1)c1ccc(CN2CCCC2)o1. The molecule has 0 bridgehead atoms. The van der Waals surface area contributed by atoms with Gasteiger partial charge in [0.05, 0.1) is 29.4 Å². The van der Waals surface area contributed by atoms with Crippen molar-refractivity contribution >= 4 is 17.3 Å². The lowest BCUT2D eigenvalue weighted by molar-refractivity contribution is -0.384. The predicted octanol–water partition coefficient (Wildman–Crippen LogP) is 4.22. The van der Waals surface area contributed by atoms with Crippen LogP contribution in [-0.4, -0.2) is 33.8 Å². The highest BCUT2D eigenvalue weighted by Crippen LogP contribution is 2.30. The lowest BCUT2D eigenvalue weighted by Crippen LogP contribution is -2.18. The van der Waals surface area contributed by atoms with Crippen molar-refractivity contribution in [1.29, 1.82) is 0 Å². The van der Waals surface area contributed by atoms with Gasteiger partial charge in [0.2, 0.25) is 0 Å². The van der Waals surface area contributed by atoms with Crippen LogP contribution in [0.25, 0.3) is 0 Å². The largest absolute Gasteiger partial charge is 0.455 e. The quantitative estimate of drug-likeness (QED) is 0.460. The molecule has 154 valence electrons. The Labute approximate surface area is 172 Å². The molecule has 0 aliphatic carbocycles. The molecule has 0 radical (unpaired) electrons. The van der Waals surface area contributed by atoms with Crippen LogP contribution in [0.3, 0.4) is 0 Å². The highest BCUT2D eigenvalue weighted by atomic mass is 16.6. The van der Waals surface area contributed by atoms with Gasteiger partial charge in [-0.15, -0.1) is 0 Å². The van der Waals surface area contributed by atoms with Gasteiger partial charge < -0.3 is 14.5 Å². The first-order valence-electron chi connectivity index (χ1n) is 9.56. The minimum atomic E-state index is -0.549.